The molecule has 0 aliphatic rings. The molecule has 0 radical (unpaired) electrons. The van der Waals surface area contributed by atoms with Crippen molar-refractivity contribution in [1.82, 2.24) is 0 Å². The normalized spacial score (nSPS) is 14.6. The van der Waals surface area contributed by atoms with Gasteiger partial charge in [0.1, 0.15) is 11.9 Å². The summed E-state index contributed by atoms with van der Waals surface area (Å²) in [5.41, 5.74) is 5.02. The SMILES string of the molecule is Cc1cc(F)c(C(O)C(O)C(N)=O)cc1Cl. The third-order valence-corrected chi connectivity index (χ3v) is 2.59. The number of primary amides is 1. The molecule has 4 nitrogen and oxygen atoms in total. The van der Waals surface area contributed by atoms with Crippen molar-refractivity contribution in [3.05, 3.63) is 34.1 Å². The van der Waals surface area contributed by atoms with E-state index in [9.17, 15) is 19.4 Å². The molecule has 0 spiro atoms. The van der Waals surface area contributed by atoms with Gasteiger partial charge in [-0.05, 0) is 24.6 Å². The average Bonchev–Trinajstić information content (AvgIpc) is 2.21. The van der Waals surface area contributed by atoms with Crippen LogP contribution in [-0.4, -0.2) is 22.2 Å². The fourth-order valence-electron chi connectivity index (χ4n) is 1.21. The van der Waals surface area contributed by atoms with Gasteiger partial charge in [0.05, 0.1) is 0 Å². The summed E-state index contributed by atoms with van der Waals surface area (Å²) in [4.78, 5) is 10.6. The summed E-state index contributed by atoms with van der Waals surface area (Å²) in [6.45, 7) is 1.59. The van der Waals surface area contributed by atoms with Crippen LogP contribution >= 0.6 is 11.6 Å². The zero-order valence-electron chi connectivity index (χ0n) is 8.45. The molecular formula is C10H11ClFNO3. The highest BCUT2D eigenvalue weighted by Crippen LogP contribution is 2.26. The van der Waals surface area contributed by atoms with Crippen LogP contribution in [0.4, 0.5) is 4.39 Å². The number of carbonyl (C=O) groups excluding carboxylic acids is 1. The molecule has 0 aliphatic heterocycles. The molecule has 0 bridgehead atoms. The van der Waals surface area contributed by atoms with Crippen LogP contribution < -0.4 is 5.73 Å². The lowest BCUT2D eigenvalue weighted by atomic mass is 10.0. The highest BCUT2D eigenvalue weighted by atomic mass is 35.5. The van der Waals surface area contributed by atoms with Crippen LogP contribution in [0.3, 0.4) is 0 Å². The molecule has 2 atom stereocenters. The van der Waals surface area contributed by atoms with E-state index in [0.717, 1.165) is 12.1 Å². The standard InChI is InChI=1S/C10H11ClFNO3/c1-4-2-7(12)5(3-6(4)11)8(14)9(15)10(13)16/h2-3,8-9,14-15H,1H3,(H2,13,16). The monoisotopic (exact) mass is 247 g/mol. The Balaban J connectivity index is 3.13. The molecule has 16 heavy (non-hydrogen) atoms. The Morgan fingerprint density at radius 3 is 2.56 bits per heavy atom. The summed E-state index contributed by atoms with van der Waals surface area (Å²) in [6, 6.07) is 2.26. The first kappa shape index (κ1) is 12.9. The van der Waals surface area contributed by atoms with Crippen molar-refractivity contribution in [3.63, 3.8) is 0 Å². The molecule has 2 unspecified atom stereocenters. The molecule has 1 aromatic rings. The van der Waals surface area contributed by atoms with E-state index in [4.69, 9.17) is 17.3 Å². The first-order valence-corrected chi connectivity index (χ1v) is 4.83. The molecule has 4 N–H and O–H groups in total. The molecule has 0 fully saturated rings. The van der Waals surface area contributed by atoms with E-state index in [2.05, 4.69) is 0 Å². The maximum absolute atomic E-state index is 13.4. The van der Waals surface area contributed by atoms with E-state index < -0.39 is 23.9 Å². The smallest absolute Gasteiger partial charge is 0.249 e. The molecule has 0 saturated heterocycles. The number of rotatable bonds is 3. The Morgan fingerprint density at radius 2 is 2.06 bits per heavy atom. The van der Waals surface area contributed by atoms with Crippen molar-refractivity contribution in [2.75, 3.05) is 0 Å². The van der Waals surface area contributed by atoms with Gasteiger partial charge in [0.25, 0.3) is 0 Å². The largest absolute Gasteiger partial charge is 0.385 e. The van der Waals surface area contributed by atoms with E-state index in [1.54, 1.807) is 6.92 Å². The molecule has 0 heterocycles. The topological polar surface area (TPSA) is 83.6 Å². The summed E-state index contributed by atoms with van der Waals surface area (Å²) in [7, 11) is 0. The molecule has 6 heteroatoms. The summed E-state index contributed by atoms with van der Waals surface area (Å²) >= 11 is 5.74. The van der Waals surface area contributed by atoms with Crippen LogP contribution in [0.5, 0.6) is 0 Å². The molecule has 1 amide bonds. The number of halogens is 2. The molecule has 1 aromatic carbocycles. The zero-order valence-corrected chi connectivity index (χ0v) is 9.20. The average molecular weight is 248 g/mol. The predicted molar refractivity (Wildman–Crippen MR) is 56.3 cm³/mol. The third kappa shape index (κ3) is 2.49. The van der Waals surface area contributed by atoms with Crippen molar-refractivity contribution in [2.24, 2.45) is 5.73 Å². The number of nitrogens with two attached hydrogens (primary N) is 1. The van der Waals surface area contributed by atoms with Crippen molar-refractivity contribution < 1.29 is 19.4 Å². The van der Waals surface area contributed by atoms with Crippen molar-refractivity contribution in [2.45, 2.75) is 19.1 Å². The number of hydrogen-bond donors (Lipinski definition) is 3. The summed E-state index contributed by atoms with van der Waals surface area (Å²) in [5.74, 6) is -1.89. The lowest BCUT2D eigenvalue weighted by Gasteiger charge is -2.16. The van der Waals surface area contributed by atoms with Gasteiger partial charge in [-0.25, -0.2) is 4.39 Å². The number of benzene rings is 1. The maximum Gasteiger partial charge on any atom is 0.249 e. The third-order valence-electron chi connectivity index (χ3n) is 2.19. The summed E-state index contributed by atoms with van der Waals surface area (Å²) in [5, 5.41) is 18.9. The number of aliphatic hydroxyl groups excluding tert-OH is 2. The highest BCUT2D eigenvalue weighted by molar-refractivity contribution is 6.31. The fourth-order valence-corrected chi connectivity index (χ4v) is 1.39. The second-order valence-electron chi connectivity index (χ2n) is 3.41. The maximum atomic E-state index is 13.4. The second kappa shape index (κ2) is 4.78. The van der Waals surface area contributed by atoms with Crippen molar-refractivity contribution in [1.29, 1.82) is 0 Å². The van der Waals surface area contributed by atoms with E-state index in [0.29, 0.717) is 5.56 Å². The van der Waals surface area contributed by atoms with Crippen molar-refractivity contribution in [3.8, 4) is 0 Å². The molecule has 0 aromatic heterocycles. The molecule has 0 aliphatic carbocycles. The van der Waals surface area contributed by atoms with Crippen LogP contribution in [-0.2, 0) is 4.79 Å². The van der Waals surface area contributed by atoms with Gasteiger partial charge in [0.2, 0.25) is 5.91 Å². The summed E-state index contributed by atoms with van der Waals surface area (Å²) < 4.78 is 13.4. The molecular weight excluding hydrogens is 237 g/mol. The lowest BCUT2D eigenvalue weighted by Crippen LogP contribution is -2.34. The number of aryl methyl sites for hydroxylation is 1. The fraction of sp³-hybridized carbons (Fsp3) is 0.300. The Bertz CT molecular complexity index is 425. The van der Waals surface area contributed by atoms with E-state index in [-0.39, 0.29) is 10.6 Å². The van der Waals surface area contributed by atoms with Crippen LogP contribution in [0.1, 0.15) is 17.2 Å². The van der Waals surface area contributed by atoms with Gasteiger partial charge < -0.3 is 15.9 Å². The van der Waals surface area contributed by atoms with Gasteiger partial charge >= 0.3 is 0 Å². The minimum atomic E-state index is -1.87. The van der Waals surface area contributed by atoms with Gasteiger partial charge in [0.15, 0.2) is 6.10 Å². The Hall–Kier alpha value is -1.17. The van der Waals surface area contributed by atoms with E-state index in [1.807, 2.05) is 0 Å². The molecule has 88 valence electrons. The van der Waals surface area contributed by atoms with Gasteiger partial charge in [-0.2, -0.15) is 0 Å². The minimum Gasteiger partial charge on any atom is -0.385 e. The Kier molecular flexibility index (Phi) is 3.85. The predicted octanol–water partition coefficient (Wildman–Crippen LogP) is 0.667. The van der Waals surface area contributed by atoms with Crippen LogP contribution in [0.25, 0.3) is 0 Å². The first-order chi connectivity index (χ1) is 7.34. The van der Waals surface area contributed by atoms with Gasteiger partial charge in [-0.15, -0.1) is 0 Å². The van der Waals surface area contributed by atoms with Crippen LogP contribution in [0.15, 0.2) is 12.1 Å². The number of aliphatic hydroxyl groups is 2. The van der Waals surface area contributed by atoms with E-state index in [1.165, 1.54) is 0 Å². The Morgan fingerprint density at radius 1 is 1.50 bits per heavy atom. The summed E-state index contributed by atoms with van der Waals surface area (Å²) in [6.07, 6.45) is -3.59. The van der Waals surface area contributed by atoms with Gasteiger partial charge in [-0.3, -0.25) is 4.79 Å². The van der Waals surface area contributed by atoms with Gasteiger partial charge in [-0.1, -0.05) is 11.6 Å². The first-order valence-electron chi connectivity index (χ1n) is 4.45. The van der Waals surface area contributed by atoms with E-state index >= 15 is 0 Å². The molecule has 1 rings (SSSR count). The lowest BCUT2D eigenvalue weighted by molar-refractivity contribution is -0.132. The van der Waals surface area contributed by atoms with Crippen LogP contribution in [0.2, 0.25) is 5.02 Å². The highest BCUT2D eigenvalue weighted by Gasteiger charge is 2.26. The molecule has 0 saturated carbocycles. The second-order valence-corrected chi connectivity index (χ2v) is 3.82. The van der Waals surface area contributed by atoms with Crippen molar-refractivity contribution >= 4 is 17.5 Å². The number of carbonyl (C=O) groups is 1. The Labute approximate surface area is 96.4 Å². The quantitative estimate of drug-likeness (QED) is 0.734. The number of amides is 1. The minimum absolute atomic E-state index is 0.229. The van der Waals surface area contributed by atoms with Crippen LogP contribution in [0, 0.1) is 12.7 Å². The van der Waals surface area contributed by atoms with Gasteiger partial charge in [0, 0.05) is 10.6 Å². The zero-order chi connectivity index (χ0) is 12.5. The number of hydrogen-bond acceptors (Lipinski definition) is 3.